The number of amides is 1. The molecule has 0 bridgehead atoms. The predicted molar refractivity (Wildman–Crippen MR) is 119 cm³/mol. The lowest BCUT2D eigenvalue weighted by Gasteiger charge is -2.17. The molecule has 1 fully saturated rings. The Kier molecular flexibility index (Phi) is 6.27. The lowest BCUT2D eigenvalue weighted by Crippen LogP contribution is -2.26. The molecule has 1 aliphatic carbocycles. The van der Waals surface area contributed by atoms with Crippen molar-refractivity contribution in [2.45, 2.75) is 52.0 Å². The van der Waals surface area contributed by atoms with E-state index in [1.807, 2.05) is 26.1 Å². The summed E-state index contributed by atoms with van der Waals surface area (Å²) >= 11 is 1.47. The summed E-state index contributed by atoms with van der Waals surface area (Å²) < 4.78 is 5.19. The number of thiophene rings is 1. The molecule has 0 radical (unpaired) electrons. The fourth-order valence-corrected chi connectivity index (χ4v) is 5.52. The molecule has 0 spiro atoms. The molecule has 3 heterocycles. The van der Waals surface area contributed by atoms with Crippen LogP contribution in [0.4, 0.5) is 0 Å². The van der Waals surface area contributed by atoms with Crippen molar-refractivity contribution >= 4 is 27.5 Å². The molecule has 0 unspecified atom stereocenters. The van der Waals surface area contributed by atoms with E-state index in [4.69, 9.17) is 4.74 Å². The van der Waals surface area contributed by atoms with E-state index in [9.17, 15) is 4.79 Å². The van der Waals surface area contributed by atoms with Gasteiger partial charge in [0.25, 0.3) is 5.91 Å². The van der Waals surface area contributed by atoms with Crippen LogP contribution in [0.25, 0.3) is 10.2 Å². The number of fused-ring (bicyclic) bond motifs is 1. The van der Waals surface area contributed by atoms with Crippen molar-refractivity contribution in [3.8, 4) is 5.88 Å². The summed E-state index contributed by atoms with van der Waals surface area (Å²) in [7, 11) is 3.42. The normalized spacial score (nSPS) is 14.4. The Labute approximate surface area is 181 Å². The number of pyridine rings is 1. The van der Waals surface area contributed by atoms with E-state index in [2.05, 4.69) is 15.0 Å². The molecule has 0 saturated heterocycles. The molecular formula is C23H28N4O2S. The molecule has 7 heteroatoms. The number of methoxy groups -OCH3 is 1. The standard InChI is InChI=1S/C23H28N4O2S/c1-15-20-18(9-8-16-6-4-5-7-16)25-14-26-22(20)30-21(15)23(28)27(2)13-17-10-11-24-19(12-17)29-3/h10-12,14,16H,4-9,13H2,1-3H3. The Morgan fingerprint density at radius 2 is 2.07 bits per heavy atom. The Morgan fingerprint density at radius 1 is 1.27 bits per heavy atom. The fourth-order valence-electron chi connectivity index (χ4n) is 4.36. The number of rotatable bonds is 7. The van der Waals surface area contributed by atoms with Gasteiger partial charge in [0, 0.05) is 31.2 Å². The van der Waals surface area contributed by atoms with E-state index in [1.54, 1.807) is 24.5 Å². The topological polar surface area (TPSA) is 68.2 Å². The molecule has 158 valence electrons. The Hall–Kier alpha value is -2.54. The quantitative estimate of drug-likeness (QED) is 0.545. The van der Waals surface area contributed by atoms with Gasteiger partial charge in [-0.25, -0.2) is 15.0 Å². The van der Waals surface area contributed by atoms with Crippen molar-refractivity contribution in [2.24, 2.45) is 5.92 Å². The second-order valence-electron chi connectivity index (χ2n) is 8.11. The number of ether oxygens (including phenoxy) is 1. The molecule has 0 atom stereocenters. The number of hydrogen-bond donors (Lipinski definition) is 0. The van der Waals surface area contributed by atoms with Gasteiger partial charge in [0.05, 0.1) is 17.7 Å². The summed E-state index contributed by atoms with van der Waals surface area (Å²) in [5, 5.41) is 1.07. The number of aryl methyl sites for hydroxylation is 2. The zero-order valence-electron chi connectivity index (χ0n) is 17.9. The van der Waals surface area contributed by atoms with Crippen LogP contribution < -0.4 is 4.74 Å². The van der Waals surface area contributed by atoms with E-state index < -0.39 is 0 Å². The SMILES string of the molecule is COc1cc(CN(C)C(=O)c2sc3ncnc(CCC4CCCC4)c3c2C)ccn1. The monoisotopic (exact) mass is 424 g/mol. The maximum atomic E-state index is 13.2. The number of carbonyl (C=O) groups excluding carboxylic acids is 1. The predicted octanol–water partition coefficient (Wildman–Crippen LogP) is 4.80. The van der Waals surface area contributed by atoms with Gasteiger partial charge in [0.2, 0.25) is 5.88 Å². The van der Waals surface area contributed by atoms with E-state index in [-0.39, 0.29) is 5.91 Å². The van der Waals surface area contributed by atoms with Gasteiger partial charge < -0.3 is 9.64 Å². The second-order valence-corrected chi connectivity index (χ2v) is 9.11. The van der Waals surface area contributed by atoms with Gasteiger partial charge in [0.15, 0.2) is 0 Å². The second kappa shape index (κ2) is 9.08. The summed E-state index contributed by atoms with van der Waals surface area (Å²) in [5.41, 5.74) is 3.07. The lowest BCUT2D eigenvalue weighted by atomic mass is 9.99. The molecule has 30 heavy (non-hydrogen) atoms. The zero-order valence-corrected chi connectivity index (χ0v) is 18.7. The minimum atomic E-state index is 0.00743. The van der Waals surface area contributed by atoms with Crippen LogP contribution in [0, 0.1) is 12.8 Å². The Bertz CT molecular complexity index is 1040. The van der Waals surface area contributed by atoms with Crippen LogP contribution in [0.5, 0.6) is 5.88 Å². The summed E-state index contributed by atoms with van der Waals surface area (Å²) in [6.07, 6.45) is 10.9. The van der Waals surface area contributed by atoms with Gasteiger partial charge in [-0.2, -0.15) is 0 Å². The van der Waals surface area contributed by atoms with Gasteiger partial charge in [-0.1, -0.05) is 25.7 Å². The first kappa shape index (κ1) is 20.7. The molecule has 1 saturated carbocycles. The van der Waals surface area contributed by atoms with E-state index in [0.717, 1.165) is 44.3 Å². The summed E-state index contributed by atoms with van der Waals surface area (Å²) in [6.45, 7) is 2.52. The molecule has 3 aromatic rings. The van der Waals surface area contributed by atoms with Crippen molar-refractivity contribution in [3.05, 3.63) is 46.4 Å². The summed E-state index contributed by atoms with van der Waals surface area (Å²) in [4.78, 5) is 29.8. The number of carbonyl (C=O) groups is 1. The van der Waals surface area contributed by atoms with Crippen molar-refractivity contribution in [3.63, 3.8) is 0 Å². The number of nitrogens with zero attached hydrogens (tertiary/aromatic N) is 4. The number of aromatic nitrogens is 3. The molecule has 0 aromatic carbocycles. The van der Waals surface area contributed by atoms with Crippen LogP contribution in [0.15, 0.2) is 24.7 Å². The van der Waals surface area contributed by atoms with Crippen LogP contribution >= 0.6 is 11.3 Å². The zero-order chi connectivity index (χ0) is 21.1. The first-order chi connectivity index (χ1) is 14.6. The highest BCUT2D eigenvalue weighted by molar-refractivity contribution is 7.20. The highest BCUT2D eigenvalue weighted by atomic mass is 32.1. The van der Waals surface area contributed by atoms with Gasteiger partial charge in [-0.3, -0.25) is 4.79 Å². The average Bonchev–Trinajstić information content (AvgIpc) is 3.40. The number of hydrogen-bond acceptors (Lipinski definition) is 6. The maximum absolute atomic E-state index is 13.2. The van der Waals surface area contributed by atoms with Crippen LogP contribution in [-0.4, -0.2) is 39.9 Å². The van der Waals surface area contributed by atoms with Crippen LogP contribution in [0.2, 0.25) is 0 Å². The molecule has 1 aliphatic rings. The minimum absolute atomic E-state index is 0.00743. The van der Waals surface area contributed by atoms with Crippen LogP contribution in [0.3, 0.4) is 0 Å². The molecule has 6 nitrogen and oxygen atoms in total. The molecular weight excluding hydrogens is 396 g/mol. The van der Waals surface area contributed by atoms with Gasteiger partial charge in [-0.15, -0.1) is 11.3 Å². The molecule has 3 aromatic heterocycles. The first-order valence-corrected chi connectivity index (χ1v) is 11.4. The van der Waals surface area contributed by atoms with Gasteiger partial charge in [0.1, 0.15) is 11.2 Å². The minimum Gasteiger partial charge on any atom is -0.481 e. The highest BCUT2D eigenvalue weighted by Gasteiger charge is 2.23. The molecule has 4 rings (SSSR count). The average molecular weight is 425 g/mol. The van der Waals surface area contributed by atoms with Crippen LogP contribution in [-0.2, 0) is 13.0 Å². The van der Waals surface area contributed by atoms with Crippen LogP contribution in [0.1, 0.15) is 58.6 Å². The van der Waals surface area contributed by atoms with Crippen molar-refractivity contribution in [1.82, 2.24) is 19.9 Å². The van der Waals surface area contributed by atoms with Crippen molar-refractivity contribution in [2.75, 3.05) is 14.2 Å². The maximum Gasteiger partial charge on any atom is 0.264 e. The van der Waals surface area contributed by atoms with Crippen molar-refractivity contribution < 1.29 is 9.53 Å². The molecule has 1 amide bonds. The fraction of sp³-hybridized carbons (Fsp3) is 0.478. The Balaban J connectivity index is 1.54. The van der Waals surface area contributed by atoms with Gasteiger partial charge in [-0.05, 0) is 42.9 Å². The molecule has 0 N–H and O–H groups in total. The summed E-state index contributed by atoms with van der Waals surface area (Å²) in [5.74, 6) is 1.38. The largest absolute Gasteiger partial charge is 0.481 e. The first-order valence-electron chi connectivity index (χ1n) is 10.5. The highest BCUT2D eigenvalue weighted by Crippen LogP contribution is 2.34. The third-order valence-corrected chi connectivity index (χ3v) is 7.23. The van der Waals surface area contributed by atoms with Gasteiger partial charge >= 0.3 is 0 Å². The smallest absolute Gasteiger partial charge is 0.264 e. The van der Waals surface area contributed by atoms with E-state index in [0.29, 0.717) is 12.4 Å². The third-order valence-electron chi connectivity index (χ3n) is 6.04. The molecule has 0 aliphatic heterocycles. The third kappa shape index (κ3) is 4.31. The van der Waals surface area contributed by atoms with E-state index >= 15 is 0 Å². The van der Waals surface area contributed by atoms with E-state index in [1.165, 1.54) is 43.4 Å². The van der Waals surface area contributed by atoms with Crippen molar-refractivity contribution in [1.29, 1.82) is 0 Å². The lowest BCUT2D eigenvalue weighted by molar-refractivity contribution is 0.0789. The summed E-state index contributed by atoms with van der Waals surface area (Å²) in [6, 6.07) is 3.75. The Morgan fingerprint density at radius 3 is 2.83 bits per heavy atom.